The van der Waals surface area contributed by atoms with Crippen LogP contribution in [0, 0.1) is 5.82 Å². The summed E-state index contributed by atoms with van der Waals surface area (Å²) in [5.74, 6) is -1.22. The summed E-state index contributed by atoms with van der Waals surface area (Å²) < 4.78 is 91.0. The van der Waals surface area contributed by atoms with Gasteiger partial charge in [0, 0.05) is 48.2 Å². The van der Waals surface area contributed by atoms with Crippen molar-refractivity contribution < 1.29 is 40.2 Å². The molecule has 0 bridgehead atoms. The summed E-state index contributed by atoms with van der Waals surface area (Å²) in [6.07, 6.45) is 0.576. The molecule has 39 heavy (non-hydrogen) atoms. The quantitative estimate of drug-likeness (QED) is 0.379. The largest absolute Gasteiger partial charge is 0.496 e. The lowest BCUT2D eigenvalue weighted by atomic mass is 10.0. The number of alkyl halides is 3. The second-order valence-electron chi connectivity index (χ2n) is 9.67. The van der Waals surface area contributed by atoms with Gasteiger partial charge in [0.2, 0.25) is 0 Å². The number of nitrogens with zero attached hydrogens (tertiary/aromatic N) is 2. The van der Waals surface area contributed by atoms with Crippen molar-refractivity contribution in [2.24, 2.45) is 0 Å². The molecule has 5 rings (SSSR count). The van der Waals surface area contributed by atoms with Gasteiger partial charge in [0.1, 0.15) is 11.6 Å². The Bertz CT molecular complexity index is 1550. The first-order valence-electron chi connectivity index (χ1n) is 12.0. The number of carbonyl (C=O) groups excluding carboxylic acids is 1. The van der Waals surface area contributed by atoms with E-state index >= 15 is 0 Å². The zero-order chi connectivity index (χ0) is 28.2. The van der Waals surface area contributed by atoms with Crippen LogP contribution in [-0.2, 0) is 20.8 Å². The first-order chi connectivity index (χ1) is 18.3. The maximum Gasteiger partial charge on any atom is 0.416 e. The maximum absolute atomic E-state index is 14.1. The number of anilines is 1. The molecule has 2 atom stereocenters. The summed E-state index contributed by atoms with van der Waals surface area (Å²) in [5.41, 5.74) is -1.29. The minimum atomic E-state index is -4.89. The van der Waals surface area contributed by atoms with Crippen LogP contribution < -0.4 is 9.64 Å². The predicted molar refractivity (Wildman–Crippen MR) is 134 cm³/mol. The van der Waals surface area contributed by atoms with Crippen LogP contribution >= 0.6 is 0 Å². The van der Waals surface area contributed by atoms with E-state index in [0.29, 0.717) is 42.7 Å². The number of hydrogen-bond donors (Lipinski definition) is 0. The number of ether oxygens (including phenoxy) is 2. The molecule has 0 N–H and O–H groups in total. The van der Waals surface area contributed by atoms with Crippen LogP contribution in [0.1, 0.15) is 35.2 Å². The van der Waals surface area contributed by atoms with E-state index in [4.69, 9.17) is 9.47 Å². The molecule has 1 aromatic heterocycles. The highest BCUT2D eigenvalue weighted by Gasteiger charge is 2.61. The van der Waals surface area contributed by atoms with Crippen LogP contribution in [0.15, 0.2) is 59.8 Å². The summed E-state index contributed by atoms with van der Waals surface area (Å²) in [6, 6.07) is 7.00. The number of amides is 1. The summed E-state index contributed by atoms with van der Waals surface area (Å²) in [7, 11) is -2.72. The number of methoxy groups -OCH3 is 1. The number of sulfone groups is 1. The average molecular weight is 565 g/mol. The van der Waals surface area contributed by atoms with Crippen LogP contribution in [0.4, 0.5) is 23.2 Å². The molecule has 2 heterocycles. The number of carbonyl (C=O) groups is 1. The molecule has 12 heteroatoms. The molecule has 206 valence electrons. The van der Waals surface area contributed by atoms with E-state index < -0.39 is 55.4 Å². The molecule has 2 fully saturated rings. The van der Waals surface area contributed by atoms with Crippen LogP contribution in [0.25, 0.3) is 11.1 Å². The third-order valence-corrected chi connectivity index (χ3v) is 8.16. The van der Waals surface area contributed by atoms with Gasteiger partial charge < -0.3 is 14.4 Å². The Morgan fingerprint density at radius 3 is 2.56 bits per heavy atom. The fourth-order valence-corrected chi connectivity index (χ4v) is 5.77. The van der Waals surface area contributed by atoms with Gasteiger partial charge in [-0.15, -0.1) is 0 Å². The molecular weight excluding hydrogens is 540 g/mol. The topological polar surface area (TPSA) is 85.8 Å². The Morgan fingerprint density at radius 1 is 1.15 bits per heavy atom. The second-order valence-corrected chi connectivity index (χ2v) is 11.7. The highest BCUT2D eigenvalue weighted by molar-refractivity contribution is 7.90. The highest BCUT2D eigenvalue weighted by Crippen LogP contribution is 2.53. The molecule has 1 aliphatic carbocycles. The molecule has 1 unspecified atom stereocenters. The van der Waals surface area contributed by atoms with E-state index in [9.17, 15) is 30.8 Å². The van der Waals surface area contributed by atoms with Gasteiger partial charge in [-0.05, 0) is 49.2 Å². The lowest BCUT2D eigenvalue weighted by Gasteiger charge is -2.28. The minimum Gasteiger partial charge on any atom is -0.496 e. The molecule has 2 aromatic carbocycles. The molecule has 1 spiro atoms. The molecule has 1 saturated heterocycles. The molecule has 1 saturated carbocycles. The number of hydrogen-bond acceptors (Lipinski definition) is 6. The molecule has 1 aliphatic heterocycles. The van der Waals surface area contributed by atoms with E-state index in [-0.39, 0.29) is 11.4 Å². The van der Waals surface area contributed by atoms with Crippen molar-refractivity contribution in [2.45, 2.75) is 42.0 Å². The van der Waals surface area contributed by atoms with Crippen LogP contribution in [0.2, 0.25) is 0 Å². The molecule has 3 aromatic rings. The van der Waals surface area contributed by atoms with Gasteiger partial charge in [0.05, 0.1) is 41.1 Å². The van der Waals surface area contributed by atoms with Crippen molar-refractivity contribution in [3.63, 3.8) is 0 Å². The fourth-order valence-electron chi connectivity index (χ4n) is 5.09. The minimum absolute atomic E-state index is 0.177. The molecule has 7 nitrogen and oxygen atoms in total. The monoisotopic (exact) mass is 564 g/mol. The Kier molecular flexibility index (Phi) is 6.66. The smallest absolute Gasteiger partial charge is 0.416 e. The number of aromatic nitrogens is 1. The third-order valence-electron chi connectivity index (χ3n) is 7.07. The average Bonchev–Trinajstić information content (AvgIpc) is 3.35. The van der Waals surface area contributed by atoms with E-state index in [1.165, 1.54) is 42.6 Å². The predicted octanol–water partition coefficient (Wildman–Crippen LogP) is 5.29. The standard InChI is InChI=1S/C27H24F4N2O5S/c1-37-23-13-18(28)4-5-21(23)20-6-8-32-15-22(20)33(24-14-26(24)7-3-9-38-26)25(34)16-10-17(27(29,30)31)12-19(11-16)39(2,35)36/h4-6,8,10-13,15,24H,3,7,9,14H2,1-2H3/t24?,26-/m0/s1. The first kappa shape index (κ1) is 27.1. The van der Waals surface area contributed by atoms with Gasteiger partial charge >= 0.3 is 6.18 Å². The van der Waals surface area contributed by atoms with E-state index in [1.54, 1.807) is 6.07 Å². The van der Waals surface area contributed by atoms with Crippen molar-refractivity contribution in [3.05, 3.63) is 71.8 Å². The van der Waals surface area contributed by atoms with Crippen molar-refractivity contribution >= 4 is 21.4 Å². The van der Waals surface area contributed by atoms with E-state index in [1.807, 2.05) is 0 Å². The first-order valence-corrected chi connectivity index (χ1v) is 13.9. The Balaban J connectivity index is 1.70. The van der Waals surface area contributed by atoms with Crippen molar-refractivity contribution in [2.75, 3.05) is 24.9 Å². The third kappa shape index (κ3) is 5.10. The van der Waals surface area contributed by atoms with Gasteiger partial charge in [0.25, 0.3) is 5.91 Å². The van der Waals surface area contributed by atoms with Crippen LogP contribution in [-0.4, -0.2) is 50.9 Å². The van der Waals surface area contributed by atoms with Crippen molar-refractivity contribution in [1.82, 2.24) is 4.98 Å². The summed E-state index contributed by atoms with van der Waals surface area (Å²) >= 11 is 0. The lowest BCUT2D eigenvalue weighted by molar-refractivity contribution is -0.137. The molecular formula is C27H24F4N2O5S. The van der Waals surface area contributed by atoms with Crippen LogP contribution in [0.5, 0.6) is 5.75 Å². The zero-order valence-corrected chi connectivity index (χ0v) is 21.8. The number of benzene rings is 2. The number of halogens is 4. The Labute approximate surface area is 222 Å². The maximum atomic E-state index is 14.1. The van der Waals surface area contributed by atoms with Gasteiger partial charge in [0.15, 0.2) is 9.84 Å². The highest BCUT2D eigenvalue weighted by atomic mass is 32.2. The number of pyridine rings is 1. The number of rotatable bonds is 6. The molecule has 2 aliphatic rings. The summed E-state index contributed by atoms with van der Waals surface area (Å²) in [4.78, 5) is 18.9. The lowest BCUT2D eigenvalue weighted by Crippen LogP contribution is -2.38. The van der Waals surface area contributed by atoms with Gasteiger partial charge in [-0.1, -0.05) is 0 Å². The molecule has 0 radical (unpaired) electrons. The van der Waals surface area contributed by atoms with Gasteiger partial charge in [-0.2, -0.15) is 13.2 Å². The van der Waals surface area contributed by atoms with Gasteiger partial charge in [-0.25, -0.2) is 12.8 Å². The van der Waals surface area contributed by atoms with Crippen molar-refractivity contribution in [3.8, 4) is 16.9 Å². The van der Waals surface area contributed by atoms with E-state index in [2.05, 4.69) is 4.98 Å². The SMILES string of the molecule is COc1cc(F)ccc1-c1ccncc1N(C(=O)c1cc(C(F)(F)F)cc(S(C)(=O)=O)c1)C1C[C@@]12CCCO2. The zero-order valence-electron chi connectivity index (χ0n) is 21.0. The van der Waals surface area contributed by atoms with Gasteiger partial charge in [-0.3, -0.25) is 9.78 Å². The fraction of sp³-hybridized carbons (Fsp3) is 0.333. The summed E-state index contributed by atoms with van der Waals surface area (Å²) in [6.45, 7) is 0.478. The summed E-state index contributed by atoms with van der Waals surface area (Å²) in [5, 5.41) is 0. The van der Waals surface area contributed by atoms with E-state index in [0.717, 1.165) is 18.7 Å². The van der Waals surface area contributed by atoms with Crippen LogP contribution in [0.3, 0.4) is 0 Å². The molecule has 1 amide bonds. The van der Waals surface area contributed by atoms with Crippen molar-refractivity contribution in [1.29, 1.82) is 0 Å². The second kappa shape index (κ2) is 9.60. The normalized spacial score (nSPS) is 20.7. The Hall–Kier alpha value is -3.51. The Morgan fingerprint density at radius 2 is 1.92 bits per heavy atom.